The van der Waals surface area contributed by atoms with Gasteiger partial charge in [-0.25, -0.2) is 4.39 Å². The maximum Gasteiger partial charge on any atom is 0.253 e. The van der Waals surface area contributed by atoms with Crippen molar-refractivity contribution in [1.29, 1.82) is 0 Å². The molecule has 1 amide bonds. The van der Waals surface area contributed by atoms with Gasteiger partial charge in [0.15, 0.2) is 0 Å². The van der Waals surface area contributed by atoms with Crippen molar-refractivity contribution in [2.75, 3.05) is 31.9 Å². The lowest BCUT2D eigenvalue weighted by Gasteiger charge is -2.34. The molecule has 1 aromatic carbocycles. The first-order chi connectivity index (χ1) is 12.7. The number of hydrogen-bond acceptors (Lipinski definition) is 4. The number of benzene rings is 1. The summed E-state index contributed by atoms with van der Waals surface area (Å²) in [5, 5.41) is 4.03. The van der Waals surface area contributed by atoms with Gasteiger partial charge in [0.05, 0.1) is 21.8 Å². The SMILES string of the molecule is CC(C)(F)CN1CCC(CNC(=O)c2cc(Cl)c(N)c3cccnc23)CC1. The number of carbonyl (C=O) groups excluding carboxylic acids is 1. The van der Waals surface area contributed by atoms with E-state index in [2.05, 4.69) is 15.2 Å². The third-order valence-corrected chi connectivity index (χ3v) is 5.30. The lowest BCUT2D eigenvalue weighted by atomic mass is 9.95. The van der Waals surface area contributed by atoms with Gasteiger partial charge in [-0.05, 0) is 63.9 Å². The summed E-state index contributed by atoms with van der Waals surface area (Å²) in [6, 6.07) is 5.15. The minimum atomic E-state index is -1.18. The molecule has 0 radical (unpaired) electrons. The van der Waals surface area contributed by atoms with E-state index in [9.17, 15) is 9.18 Å². The molecule has 1 fully saturated rings. The summed E-state index contributed by atoms with van der Waals surface area (Å²) in [6.45, 7) is 5.96. The van der Waals surface area contributed by atoms with Crippen molar-refractivity contribution < 1.29 is 9.18 Å². The number of rotatable bonds is 5. The number of anilines is 1. The fourth-order valence-electron chi connectivity index (χ4n) is 3.62. The summed E-state index contributed by atoms with van der Waals surface area (Å²) in [4.78, 5) is 19.2. The number of hydrogen-bond donors (Lipinski definition) is 2. The highest BCUT2D eigenvalue weighted by Crippen LogP contribution is 2.30. The minimum Gasteiger partial charge on any atom is -0.397 e. The van der Waals surface area contributed by atoms with Crippen molar-refractivity contribution in [1.82, 2.24) is 15.2 Å². The van der Waals surface area contributed by atoms with Gasteiger partial charge in [-0.15, -0.1) is 0 Å². The highest BCUT2D eigenvalue weighted by molar-refractivity contribution is 6.35. The van der Waals surface area contributed by atoms with Crippen LogP contribution in [0.5, 0.6) is 0 Å². The fourth-order valence-corrected chi connectivity index (χ4v) is 3.84. The molecule has 0 unspecified atom stereocenters. The van der Waals surface area contributed by atoms with Crippen LogP contribution in [-0.4, -0.2) is 47.6 Å². The fraction of sp³-hybridized carbons (Fsp3) is 0.500. The van der Waals surface area contributed by atoms with Crippen molar-refractivity contribution in [2.24, 2.45) is 5.92 Å². The van der Waals surface area contributed by atoms with Crippen LogP contribution in [0.4, 0.5) is 10.1 Å². The van der Waals surface area contributed by atoms with Crippen LogP contribution >= 0.6 is 11.6 Å². The Morgan fingerprint density at radius 3 is 2.81 bits per heavy atom. The largest absolute Gasteiger partial charge is 0.397 e. The molecule has 0 aliphatic carbocycles. The summed E-state index contributed by atoms with van der Waals surface area (Å²) < 4.78 is 13.8. The second-order valence-corrected chi connectivity index (χ2v) is 8.27. The lowest BCUT2D eigenvalue weighted by Crippen LogP contribution is -2.43. The van der Waals surface area contributed by atoms with Crippen LogP contribution in [0.25, 0.3) is 10.9 Å². The predicted molar refractivity (Wildman–Crippen MR) is 108 cm³/mol. The number of nitrogen functional groups attached to an aromatic ring is 1. The van der Waals surface area contributed by atoms with Crippen molar-refractivity contribution in [2.45, 2.75) is 32.4 Å². The zero-order valence-corrected chi connectivity index (χ0v) is 16.5. The molecule has 3 N–H and O–H groups in total. The summed E-state index contributed by atoms with van der Waals surface area (Å²) in [6.07, 6.45) is 3.52. The Labute approximate surface area is 164 Å². The lowest BCUT2D eigenvalue weighted by molar-refractivity contribution is 0.0884. The zero-order valence-electron chi connectivity index (χ0n) is 15.8. The van der Waals surface area contributed by atoms with E-state index in [0.717, 1.165) is 25.9 Å². The second kappa shape index (κ2) is 7.98. The average molecular weight is 393 g/mol. The number of fused-ring (bicyclic) bond motifs is 1. The van der Waals surface area contributed by atoms with E-state index >= 15 is 0 Å². The molecular weight excluding hydrogens is 367 g/mol. The smallest absolute Gasteiger partial charge is 0.253 e. The molecule has 3 rings (SSSR count). The number of amides is 1. The number of piperidine rings is 1. The van der Waals surface area contributed by atoms with E-state index in [1.807, 2.05) is 6.07 Å². The minimum absolute atomic E-state index is 0.201. The molecule has 5 nitrogen and oxygen atoms in total. The summed E-state index contributed by atoms with van der Waals surface area (Å²) >= 11 is 6.19. The van der Waals surface area contributed by atoms with Crippen molar-refractivity contribution in [3.8, 4) is 0 Å². The Balaban J connectivity index is 1.61. The van der Waals surface area contributed by atoms with Crippen LogP contribution in [0.15, 0.2) is 24.4 Å². The zero-order chi connectivity index (χ0) is 19.6. The van der Waals surface area contributed by atoms with Gasteiger partial charge in [-0.2, -0.15) is 0 Å². The van der Waals surface area contributed by atoms with Crippen molar-refractivity contribution in [3.05, 3.63) is 35.0 Å². The highest BCUT2D eigenvalue weighted by atomic mass is 35.5. The highest BCUT2D eigenvalue weighted by Gasteiger charge is 2.25. The van der Waals surface area contributed by atoms with Gasteiger partial charge in [0.2, 0.25) is 0 Å². The molecule has 2 aromatic rings. The van der Waals surface area contributed by atoms with Gasteiger partial charge in [-0.1, -0.05) is 11.6 Å². The normalized spacial score (nSPS) is 16.6. The average Bonchev–Trinajstić information content (AvgIpc) is 2.62. The maximum absolute atomic E-state index is 13.8. The second-order valence-electron chi connectivity index (χ2n) is 7.87. The first-order valence-electron chi connectivity index (χ1n) is 9.27. The van der Waals surface area contributed by atoms with E-state index in [-0.39, 0.29) is 5.91 Å². The van der Waals surface area contributed by atoms with Crippen LogP contribution < -0.4 is 11.1 Å². The molecule has 0 spiro atoms. The molecule has 0 bridgehead atoms. The topological polar surface area (TPSA) is 71.2 Å². The van der Waals surface area contributed by atoms with E-state index in [1.54, 1.807) is 32.2 Å². The van der Waals surface area contributed by atoms with Crippen LogP contribution in [0, 0.1) is 5.92 Å². The standard InChI is InChI=1S/C20H26ClFN4O/c1-20(2,22)12-26-8-5-13(6-9-26)11-25-19(27)15-10-16(21)17(23)14-4-3-7-24-18(14)15/h3-4,7,10,13H,5-6,8-9,11-12,23H2,1-2H3,(H,25,27). The molecule has 7 heteroatoms. The number of aromatic nitrogens is 1. The molecule has 2 heterocycles. The van der Waals surface area contributed by atoms with Crippen LogP contribution in [0.2, 0.25) is 5.02 Å². The molecular formula is C20H26ClFN4O. The molecule has 1 aliphatic heterocycles. The van der Waals surface area contributed by atoms with Crippen molar-refractivity contribution in [3.63, 3.8) is 0 Å². The number of nitrogens with two attached hydrogens (primary N) is 1. The van der Waals surface area contributed by atoms with Crippen molar-refractivity contribution >= 4 is 34.1 Å². The van der Waals surface area contributed by atoms with E-state index in [4.69, 9.17) is 17.3 Å². The van der Waals surface area contributed by atoms with Gasteiger partial charge in [0.25, 0.3) is 5.91 Å². The van der Waals surface area contributed by atoms with E-state index < -0.39 is 5.67 Å². The summed E-state index contributed by atoms with van der Waals surface area (Å²) in [5.41, 5.74) is 6.24. The Kier molecular flexibility index (Phi) is 5.86. The van der Waals surface area contributed by atoms with Gasteiger partial charge in [0.1, 0.15) is 5.67 Å². The van der Waals surface area contributed by atoms with Crippen LogP contribution in [0.1, 0.15) is 37.0 Å². The number of alkyl halides is 1. The number of nitrogens with zero attached hydrogens (tertiary/aromatic N) is 2. The Morgan fingerprint density at radius 2 is 2.15 bits per heavy atom. The van der Waals surface area contributed by atoms with E-state index in [0.29, 0.717) is 46.2 Å². The molecule has 0 atom stereocenters. The Bertz CT molecular complexity index is 829. The molecule has 1 aliphatic rings. The number of halogens is 2. The monoisotopic (exact) mass is 392 g/mol. The van der Waals surface area contributed by atoms with Crippen LogP contribution in [0.3, 0.4) is 0 Å². The first-order valence-corrected chi connectivity index (χ1v) is 9.64. The number of carbonyl (C=O) groups is 1. The molecule has 27 heavy (non-hydrogen) atoms. The third-order valence-electron chi connectivity index (χ3n) is 4.98. The molecule has 1 saturated heterocycles. The third kappa shape index (κ3) is 4.87. The number of pyridine rings is 1. The summed E-state index contributed by atoms with van der Waals surface area (Å²) in [7, 11) is 0. The van der Waals surface area contributed by atoms with E-state index in [1.165, 1.54) is 0 Å². The first kappa shape index (κ1) is 19.8. The number of nitrogens with one attached hydrogen (secondary N) is 1. The van der Waals surface area contributed by atoms with Gasteiger partial charge < -0.3 is 16.0 Å². The Hall–Kier alpha value is -1.92. The summed E-state index contributed by atoms with van der Waals surface area (Å²) in [5.74, 6) is 0.185. The number of likely N-dealkylation sites (tertiary alicyclic amines) is 1. The quantitative estimate of drug-likeness (QED) is 0.762. The predicted octanol–water partition coefficient (Wildman–Crippen LogP) is 3.66. The van der Waals surface area contributed by atoms with Crippen LogP contribution in [-0.2, 0) is 0 Å². The maximum atomic E-state index is 13.8. The van der Waals surface area contributed by atoms with Gasteiger partial charge in [-0.3, -0.25) is 9.78 Å². The van der Waals surface area contributed by atoms with Gasteiger partial charge in [0, 0.05) is 24.7 Å². The molecule has 146 valence electrons. The molecule has 0 saturated carbocycles. The van der Waals surface area contributed by atoms with Gasteiger partial charge >= 0.3 is 0 Å². The Morgan fingerprint density at radius 1 is 1.44 bits per heavy atom. The molecule has 1 aromatic heterocycles.